The molecule has 0 bridgehead atoms. The Kier molecular flexibility index (Phi) is 2.41. The van der Waals surface area contributed by atoms with Crippen molar-refractivity contribution >= 4 is 0 Å². The molecule has 82 valence electrons. The van der Waals surface area contributed by atoms with E-state index in [-0.39, 0.29) is 0 Å². The minimum Gasteiger partial charge on any atom is -0.322 e. The summed E-state index contributed by atoms with van der Waals surface area (Å²) < 4.78 is 1.98. The Balaban J connectivity index is 1.61. The first-order valence-electron chi connectivity index (χ1n) is 5.87. The molecule has 2 heteroatoms. The molecule has 1 saturated carbocycles. The second-order valence-corrected chi connectivity index (χ2v) is 4.44. The number of nitrogens with one attached hydrogen (secondary N) is 1. The topological polar surface area (TPSA) is 17.0 Å². The normalized spacial score (nSPS) is 15.0. The summed E-state index contributed by atoms with van der Waals surface area (Å²) in [6.45, 7) is 0.875. The Morgan fingerprint density at radius 2 is 1.75 bits per heavy atom. The van der Waals surface area contributed by atoms with Gasteiger partial charge in [-0.25, -0.2) is 0 Å². The van der Waals surface area contributed by atoms with Gasteiger partial charge in [0, 0.05) is 12.4 Å². The van der Waals surface area contributed by atoms with Crippen LogP contribution in [0.1, 0.15) is 29.9 Å². The minimum absolute atomic E-state index is 0.853. The van der Waals surface area contributed by atoms with Crippen molar-refractivity contribution in [3.8, 4) is 0 Å². The van der Waals surface area contributed by atoms with Crippen molar-refractivity contribution in [2.24, 2.45) is 0 Å². The summed E-state index contributed by atoms with van der Waals surface area (Å²) in [5.41, 5.74) is 6.16. The van der Waals surface area contributed by atoms with Crippen LogP contribution in [0.2, 0.25) is 0 Å². The van der Waals surface area contributed by atoms with Gasteiger partial charge in [0.15, 0.2) is 0 Å². The van der Waals surface area contributed by atoms with Crippen LogP contribution in [-0.2, 0) is 6.54 Å². The molecule has 1 aliphatic rings. The van der Waals surface area contributed by atoms with Crippen molar-refractivity contribution in [1.82, 2.24) is 4.68 Å². The maximum absolute atomic E-state index is 3.32. The van der Waals surface area contributed by atoms with Gasteiger partial charge < -0.3 is 5.43 Å². The number of rotatable bonds is 4. The minimum atomic E-state index is 0.853. The van der Waals surface area contributed by atoms with Gasteiger partial charge in [-0.2, -0.15) is 0 Å². The van der Waals surface area contributed by atoms with E-state index >= 15 is 0 Å². The molecule has 0 amide bonds. The average Bonchev–Trinajstić information content (AvgIpc) is 3.05. The second kappa shape index (κ2) is 4.05. The first-order valence-corrected chi connectivity index (χ1v) is 5.87. The van der Waals surface area contributed by atoms with Crippen LogP contribution < -0.4 is 5.43 Å². The lowest BCUT2D eigenvalue weighted by atomic mass is 10.1. The summed E-state index contributed by atoms with van der Waals surface area (Å²) in [6.07, 6.45) is 6.78. The van der Waals surface area contributed by atoms with Gasteiger partial charge in [-0.1, -0.05) is 24.3 Å². The van der Waals surface area contributed by atoms with E-state index in [0.717, 1.165) is 12.5 Å². The average molecular weight is 212 g/mol. The van der Waals surface area contributed by atoms with Gasteiger partial charge in [0.25, 0.3) is 0 Å². The molecule has 1 aliphatic carbocycles. The SMILES string of the molecule is c1ccn(NCc2ccc(C3CC3)cc2)c1. The summed E-state index contributed by atoms with van der Waals surface area (Å²) in [4.78, 5) is 0. The molecular weight excluding hydrogens is 196 g/mol. The van der Waals surface area contributed by atoms with Gasteiger partial charge in [0.2, 0.25) is 0 Å². The Labute approximate surface area is 95.9 Å². The fourth-order valence-corrected chi connectivity index (χ4v) is 1.95. The molecule has 0 saturated heterocycles. The van der Waals surface area contributed by atoms with E-state index in [1.54, 1.807) is 0 Å². The van der Waals surface area contributed by atoms with E-state index < -0.39 is 0 Å². The predicted molar refractivity (Wildman–Crippen MR) is 65.9 cm³/mol. The maximum Gasteiger partial charge on any atom is 0.0564 e. The first kappa shape index (κ1) is 9.52. The molecule has 16 heavy (non-hydrogen) atoms. The predicted octanol–water partition coefficient (Wildman–Crippen LogP) is 3.11. The Morgan fingerprint density at radius 1 is 1.06 bits per heavy atom. The molecule has 1 aromatic heterocycles. The summed E-state index contributed by atoms with van der Waals surface area (Å²) in [5.74, 6) is 0.853. The van der Waals surface area contributed by atoms with E-state index in [9.17, 15) is 0 Å². The molecular formula is C14H16N2. The number of aromatic nitrogens is 1. The maximum atomic E-state index is 3.32. The summed E-state index contributed by atoms with van der Waals surface area (Å²) in [7, 11) is 0. The number of hydrogen-bond acceptors (Lipinski definition) is 1. The third kappa shape index (κ3) is 2.11. The second-order valence-electron chi connectivity index (χ2n) is 4.44. The first-order chi connectivity index (χ1) is 7.92. The molecule has 1 N–H and O–H groups in total. The summed E-state index contributed by atoms with van der Waals surface area (Å²) >= 11 is 0. The number of hydrogen-bond donors (Lipinski definition) is 1. The van der Waals surface area contributed by atoms with Crippen LogP contribution in [0.5, 0.6) is 0 Å². The van der Waals surface area contributed by atoms with Gasteiger partial charge in [-0.05, 0) is 42.0 Å². The highest BCUT2D eigenvalue weighted by molar-refractivity contribution is 5.28. The molecule has 2 nitrogen and oxygen atoms in total. The van der Waals surface area contributed by atoms with Crippen molar-refractivity contribution in [3.63, 3.8) is 0 Å². The van der Waals surface area contributed by atoms with E-state index in [0.29, 0.717) is 0 Å². The molecule has 0 radical (unpaired) electrons. The van der Waals surface area contributed by atoms with Crippen LogP contribution in [-0.4, -0.2) is 4.68 Å². The number of benzene rings is 1. The molecule has 1 aromatic carbocycles. The fourth-order valence-electron chi connectivity index (χ4n) is 1.95. The van der Waals surface area contributed by atoms with Crippen LogP contribution >= 0.6 is 0 Å². The Bertz CT molecular complexity index is 438. The molecule has 0 unspecified atom stereocenters. The standard InChI is InChI=1S/C14H16N2/c1-2-10-16(9-1)15-11-12-3-5-13(6-4-12)14-7-8-14/h1-6,9-10,14-15H,7-8,11H2. The lowest BCUT2D eigenvalue weighted by Crippen LogP contribution is -2.11. The van der Waals surface area contributed by atoms with E-state index in [2.05, 4.69) is 29.7 Å². The van der Waals surface area contributed by atoms with Crippen LogP contribution in [0, 0.1) is 0 Å². The zero-order chi connectivity index (χ0) is 10.8. The van der Waals surface area contributed by atoms with Crippen molar-refractivity contribution in [2.45, 2.75) is 25.3 Å². The highest BCUT2D eigenvalue weighted by Crippen LogP contribution is 2.39. The third-order valence-electron chi connectivity index (χ3n) is 3.10. The molecule has 1 heterocycles. The molecule has 0 atom stereocenters. The highest BCUT2D eigenvalue weighted by atomic mass is 15.4. The van der Waals surface area contributed by atoms with Gasteiger partial charge in [0.05, 0.1) is 6.54 Å². The van der Waals surface area contributed by atoms with Crippen molar-refractivity contribution < 1.29 is 0 Å². The Morgan fingerprint density at radius 3 is 2.38 bits per heavy atom. The summed E-state index contributed by atoms with van der Waals surface area (Å²) in [5, 5.41) is 0. The van der Waals surface area contributed by atoms with E-state index in [4.69, 9.17) is 0 Å². The van der Waals surface area contributed by atoms with Gasteiger partial charge in [-0.15, -0.1) is 0 Å². The van der Waals surface area contributed by atoms with Crippen molar-refractivity contribution in [3.05, 3.63) is 59.9 Å². The monoisotopic (exact) mass is 212 g/mol. The zero-order valence-corrected chi connectivity index (χ0v) is 9.26. The highest BCUT2D eigenvalue weighted by Gasteiger charge is 2.22. The smallest absolute Gasteiger partial charge is 0.0564 e. The molecule has 0 aliphatic heterocycles. The van der Waals surface area contributed by atoms with E-state index in [1.165, 1.54) is 24.0 Å². The zero-order valence-electron chi connectivity index (χ0n) is 9.26. The largest absolute Gasteiger partial charge is 0.322 e. The van der Waals surface area contributed by atoms with E-state index in [1.807, 2.05) is 29.2 Å². The van der Waals surface area contributed by atoms with Crippen LogP contribution in [0.25, 0.3) is 0 Å². The Hall–Kier alpha value is -1.70. The van der Waals surface area contributed by atoms with Crippen molar-refractivity contribution in [1.29, 1.82) is 0 Å². The van der Waals surface area contributed by atoms with Gasteiger partial charge >= 0.3 is 0 Å². The number of nitrogens with zero attached hydrogens (tertiary/aromatic N) is 1. The third-order valence-corrected chi connectivity index (χ3v) is 3.10. The van der Waals surface area contributed by atoms with Crippen LogP contribution in [0.15, 0.2) is 48.8 Å². The molecule has 0 spiro atoms. The molecule has 1 fully saturated rings. The summed E-state index contributed by atoms with van der Waals surface area (Å²) in [6, 6.07) is 13.0. The molecule has 3 rings (SSSR count). The van der Waals surface area contributed by atoms with Gasteiger partial charge in [0.1, 0.15) is 0 Å². The fraction of sp³-hybridized carbons (Fsp3) is 0.286. The van der Waals surface area contributed by atoms with Crippen LogP contribution in [0.4, 0.5) is 0 Å². The lowest BCUT2D eigenvalue weighted by Gasteiger charge is -2.08. The van der Waals surface area contributed by atoms with Crippen LogP contribution in [0.3, 0.4) is 0 Å². The molecule has 2 aromatic rings. The van der Waals surface area contributed by atoms with Crippen molar-refractivity contribution in [2.75, 3.05) is 5.43 Å². The quantitative estimate of drug-likeness (QED) is 0.824. The van der Waals surface area contributed by atoms with Gasteiger partial charge in [-0.3, -0.25) is 4.68 Å². The lowest BCUT2D eigenvalue weighted by molar-refractivity contribution is 0.846.